The van der Waals surface area contributed by atoms with Crippen molar-refractivity contribution in [2.45, 2.75) is 32.7 Å². The van der Waals surface area contributed by atoms with Crippen LogP contribution in [0.2, 0.25) is 0 Å². The smallest absolute Gasteiger partial charge is 0.270 e. The Morgan fingerprint density at radius 2 is 2.12 bits per heavy atom. The molecule has 2 aromatic rings. The van der Waals surface area contributed by atoms with Gasteiger partial charge in [0.05, 0.1) is 5.01 Å². The molecule has 0 bridgehead atoms. The number of nitrogens with one attached hydrogen (secondary N) is 2. The van der Waals surface area contributed by atoms with E-state index in [0.717, 1.165) is 24.4 Å². The largest absolute Gasteiger partial charge is 0.349 e. The van der Waals surface area contributed by atoms with Crippen molar-refractivity contribution in [2.75, 3.05) is 13.1 Å². The predicted octanol–water partition coefficient (Wildman–Crippen LogP) is 3.80. The Hall–Kier alpha value is -1.14. The number of aromatic nitrogens is 1. The normalized spacial score (nSPS) is 15.7. The number of hydrogen-bond donors (Lipinski definition) is 2. The van der Waals surface area contributed by atoms with E-state index in [2.05, 4.69) is 53.7 Å². The van der Waals surface area contributed by atoms with Gasteiger partial charge >= 0.3 is 0 Å². The molecule has 25 heavy (non-hydrogen) atoms. The number of rotatable bonds is 5. The summed E-state index contributed by atoms with van der Waals surface area (Å²) in [5.41, 5.74) is 3.20. The summed E-state index contributed by atoms with van der Waals surface area (Å²) in [5.74, 6) is 0.473. The van der Waals surface area contributed by atoms with E-state index in [1.807, 2.05) is 5.38 Å². The number of carbonyl (C=O) groups is 1. The van der Waals surface area contributed by atoms with Gasteiger partial charge in [0.2, 0.25) is 0 Å². The van der Waals surface area contributed by atoms with E-state index in [9.17, 15) is 4.79 Å². The first-order valence-electron chi connectivity index (χ1n) is 8.17. The highest BCUT2D eigenvalue weighted by Crippen LogP contribution is 2.22. The second-order valence-electron chi connectivity index (χ2n) is 6.39. The minimum absolute atomic E-state index is 0. The highest BCUT2D eigenvalue weighted by atomic mass is 35.5. The van der Waals surface area contributed by atoms with Crippen molar-refractivity contribution in [1.29, 1.82) is 0 Å². The Balaban J connectivity index is 0.00000156. The number of amides is 1. The minimum atomic E-state index is -0.0823. The summed E-state index contributed by atoms with van der Waals surface area (Å²) >= 11 is 1.57. The van der Waals surface area contributed by atoms with Crippen molar-refractivity contribution >= 4 is 42.1 Å². The van der Waals surface area contributed by atoms with E-state index < -0.39 is 0 Å². The van der Waals surface area contributed by atoms with Crippen LogP contribution in [0.25, 0.3) is 0 Å². The van der Waals surface area contributed by atoms with Gasteiger partial charge in [-0.1, -0.05) is 38.1 Å². The van der Waals surface area contributed by atoms with Crippen LogP contribution >= 0.6 is 36.2 Å². The number of benzene rings is 1. The van der Waals surface area contributed by atoms with Gasteiger partial charge in [0.15, 0.2) is 0 Å². The molecule has 7 heteroatoms. The van der Waals surface area contributed by atoms with E-state index >= 15 is 0 Å². The topological polar surface area (TPSA) is 54.0 Å². The number of thiazole rings is 1. The molecule has 1 aliphatic heterocycles. The Morgan fingerprint density at radius 3 is 2.88 bits per heavy atom. The third-order valence-corrected chi connectivity index (χ3v) is 4.92. The van der Waals surface area contributed by atoms with Crippen LogP contribution in [0, 0.1) is 5.92 Å². The maximum atomic E-state index is 12.3. The van der Waals surface area contributed by atoms with Gasteiger partial charge in [-0.25, -0.2) is 4.98 Å². The van der Waals surface area contributed by atoms with Crippen LogP contribution in [-0.4, -0.2) is 24.0 Å². The van der Waals surface area contributed by atoms with Crippen LogP contribution in [0.1, 0.15) is 46.5 Å². The summed E-state index contributed by atoms with van der Waals surface area (Å²) in [6.45, 7) is 5.86. The molecule has 0 spiro atoms. The SMILES string of the molecule is CC(C)Cc1nc(C(=O)NCC2NCCc3ccccc32)cs1.Cl.Cl. The lowest BCUT2D eigenvalue weighted by Gasteiger charge is -2.27. The zero-order chi connectivity index (χ0) is 16.2. The average Bonchev–Trinajstić information content (AvgIpc) is 3.00. The summed E-state index contributed by atoms with van der Waals surface area (Å²) in [6.07, 6.45) is 1.97. The fourth-order valence-electron chi connectivity index (χ4n) is 2.92. The predicted molar refractivity (Wildman–Crippen MR) is 108 cm³/mol. The van der Waals surface area contributed by atoms with E-state index in [4.69, 9.17) is 0 Å². The molecule has 0 aliphatic carbocycles. The van der Waals surface area contributed by atoms with Crippen LogP contribution < -0.4 is 10.6 Å². The quantitative estimate of drug-likeness (QED) is 0.800. The van der Waals surface area contributed by atoms with Crippen molar-refractivity contribution < 1.29 is 4.79 Å². The first-order chi connectivity index (χ1) is 11.1. The molecule has 1 amide bonds. The summed E-state index contributed by atoms with van der Waals surface area (Å²) in [6, 6.07) is 8.62. The molecule has 1 aromatic heterocycles. The lowest BCUT2D eigenvalue weighted by molar-refractivity contribution is 0.0944. The summed E-state index contributed by atoms with van der Waals surface area (Å²) in [5, 5.41) is 9.39. The van der Waals surface area contributed by atoms with Crippen LogP contribution in [0.15, 0.2) is 29.6 Å². The molecule has 1 aliphatic rings. The Bertz CT molecular complexity index is 690. The maximum absolute atomic E-state index is 12.3. The molecule has 2 heterocycles. The number of fused-ring (bicyclic) bond motifs is 1. The molecular formula is C18H25Cl2N3OS. The highest BCUT2D eigenvalue weighted by molar-refractivity contribution is 7.09. The molecule has 4 nitrogen and oxygen atoms in total. The van der Waals surface area contributed by atoms with E-state index in [0.29, 0.717) is 18.2 Å². The van der Waals surface area contributed by atoms with Crippen LogP contribution in [0.5, 0.6) is 0 Å². The zero-order valence-corrected chi connectivity index (χ0v) is 16.9. The fourth-order valence-corrected chi connectivity index (χ4v) is 3.91. The molecule has 0 fully saturated rings. The molecule has 3 rings (SSSR count). The Labute approximate surface area is 165 Å². The third kappa shape index (κ3) is 5.68. The molecular weight excluding hydrogens is 377 g/mol. The van der Waals surface area contributed by atoms with Gasteiger partial charge in [0.25, 0.3) is 5.91 Å². The standard InChI is InChI=1S/C18H23N3OS.2ClH/c1-12(2)9-17-21-16(11-23-17)18(22)20-10-15-14-6-4-3-5-13(14)7-8-19-15;;/h3-6,11-12,15,19H,7-10H2,1-2H3,(H,20,22);2*1H. The Morgan fingerprint density at radius 1 is 1.36 bits per heavy atom. The van der Waals surface area contributed by atoms with Crippen molar-refractivity contribution in [2.24, 2.45) is 5.92 Å². The minimum Gasteiger partial charge on any atom is -0.349 e. The molecule has 2 N–H and O–H groups in total. The van der Waals surface area contributed by atoms with Crippen LogP contribution in [-0.2, 0) is 12.8 Å². The second-order valence-corrected chi connectivity index (χ2v) is 7.33. The number of hydrogen-bond acceptors (Lipinski definition) is 4. The summed E-state index contributed by atoms with van der Waals surface area (Å²) in [4.78, 5) is 16.7. The van der Waals surface area contributed by atoms with E-state index in [1.165, 1.54) is 11.1 Å². The number of nitrogens with zero attached hydrogens (tertiary/aromatic N) is 1. The molecule has 0 saturated carbocycles. The number of carbonyl (C=O) groups excluding carboxylic acids is 1. The molecule has 1 unspecified atom stereocenters. The van der Waals surface area contributed by atoms with Crippen LogP contribution in [0.3, 0.4) is 0 Å². The first-order valence-corrected chi connectivity index (χ1v) is 9.05. The van der Waals surface area contributed by atoms with Crippen molar-refractivity contribution in [3.05, 3.63) is 51.5 Å². The lowest BCUT2D eigenvalue weighted by Crippen LogP contribution is -2.38. The van der Waals surface area contributed by atoms with Gasteiger partial charge in [0.1, 0.15) is 5.69 Å². The first kappa shape index (κ1) is 21.9. The molecule has 0 saturated heterocycles. The van der Waals surface area contributed by atoms with Crippen molar-refractivity contribution in [3.8, 4) is 0 Å². The van der Waals surface area contributed by atoms with Crippen LogP contribution in [0.4, 0.5) is 0 Å². The van der Waals surface area contributed by atoms with E-state index in [1.54, 1.807) is 11.3 Å². The fraction of sp³-hybridized carbons (Fsp3) is 0.444. The Kier molecular flexibility index (Phi) is 8.86. The zero-order valence-electron chi connectivity index (χ0n) is 14.5. The number of halogens is 2. The summed E-state index contributed by atoms with van der Waals surface area (Å²) < 4.78 is 0. The van der Waals surface area contributed by atoms with Crippen molar-refractivity contribution in [3.63, 3.8) is 0 Å². The maximum Gasteiger partial charge on any atom is 0.270 e. The summed E-state index contributed by atoms with van der Waals surface area (Å²) in [7, 11) is 0. The van der Waals surface area contributed by atoms with Gasteiger partial charge in [-0.2, -0.15) is 0 Å². The molecule has 138 valence electrons. The van der Waals surface area contributed by atoms with Gasteiger partial charge < -0.3 is 10.6 Å². The molecule has 0 radical (unpaired) electrons. The molecule has 1 aromatic carbocycles. The average molecular weight is 402 g/mol. The van der Waals surface area contributed by atoms with Gasteiger partial charge in [-0.05, 0) is 30.0 Å². The van der Waals surface area contributed by atoms with Gasteiger partial charge in [0, 0.05) is 24.4 Å². The van der Waals surface area contributed by atoms with Crippen molar-refractivity contribution in [1.82, 2.24) is 15.6 Å². The lowest BCUT2D eigenvalue weighted by atomic mass is 9.94. The highest BCUT2D eigenvalue weighted by Gasteiger charge is 2.20. The monoisotopic (exact) mass is 401 g/mol. The van der Waals surface area contributed by atoms with E-state index in [-0.39, 0.29) is 36.8 Å². The third-order valence-electron chi connectivity index (χ3n) is 4.05. The van der Waals surface area contributed by atoms with Gasteiger partial charge in [-0.15, -0.1) is 36.2 Å². The van der Waals surface area contributed by atoms with Gasteiger partial charge in [-0.3, -0.25) is 4.79 Å². The molecule has 1 atom stereocenters. The second kappa shape index (κ2) is 10.1.